The smallest absolute Gasteiger partial charge is 0.407 e. The number of primary amides is 1. The van der Waals surface area contributed by atoms with Crippen LogP contribution in [0.4, 0.5) is 9.59 Å². The SMILES string of the molecule is CCC(CC)[C@H](NC(=O)OC)C(=O)N1CCC[C@H]1c1ncc(-c2ccc(-c3ccc(-c4cnc([C@@H]5CCCN5C(=O)[C@@H](OC(N)=O)C(CC)CC)[nH]4)cc3)cc2)[nH]1. The van der Waals surface area contributed by atoms with Gasteiger partial charge in [0.05, 0.1) is 43.0 Å². The zero-order valence-electron chi connectivity index (χ0n) is 33.6. The van der Waals surface area contributed by atoms with Crippen molar-refractivity contribution >= 4 is 24.0 Å². The number of amides is 4. The van der Waals surface area contributed by atoms with E-state index < -0.39 is 24.3 Å². The molecule has 2 aliphatic rings. The molecule has 0 aliphatic carbocycles. The summed E-state index contributed by atoms with van der Waals surface area (Å²) in [7, 11) is 1.31. The molecule has 4 atom stereocenters. The van der Waals surface area contributed by atoms with Crippen LogP contribution in [-0.4, -0.2) is 86.1 Å². The molecule has 0 bridgehead atoms. The Morgan fingerprint density at radius 1 is 0.719 bits per heavy atom. The summed E-state index contributed by atoms with van der Waals surface area (Å²) in [4.78, 5) is 71.3. The number of alkyl carbamates (subject to hydrolysis) is 1. The van der Waals surface area contributed by atoms with Gasteiger partial charge in [0, 0.05) is 19.0 Å². The van der Waals surface area contributed by atoms with Gasteiger partial charge < -0.3 is 40.3 Å². The largest absolute Gasteiger partial charge is 0.453 e. The number of benzene rings is 2. The van der Waals surface area contributed by atoms with Crippen molar-refractivity contribution in [1.29, 1.82) is 0 Å². The Balaban J connectivity index is 1.11. The summed E-state index contributed by atoms with van der Waals surface area (Å²) in [6.45, 7) is 9.17. The van der Waals surface area contributed by atoms with Gasteiger partial charge in [-0.05, 0) is 66.7 Å². The number of aromatic nitrogens is 4. The number of hydrogen-bond donors (Lipinski definition) is 4. The molecule has 0 spiro atoms. The highest BCUT2D eigenvalue weighted by Gasteiger charge is 2.40. The van der Waals surface area contributed by atoms with Gasteiger partial charge in [0.15, 0.2) is 6.10 Å². The van der Waals surface area contributed by atoms with Crippen LogP contribution < -0.4 is 11.1 Å². The predicted molar refractivity (Wildman–Crippen MR) is 216 cm³/mol. The molecule has 0 unspecified atom stereocenters. The monoisotopic (exact) mass is 780 g/mol. The number of hydrogen-bond acceptors (Lipinski definition) is 8. The highest BCUT2D eigenvalue weighted by atomic mass is 16.6. The van der Waals surface area contributed by atoms with E-state index in [-0.39, 0.29) is 35.7 Å². The lowest BCUT2D eigenvalue weighted by Crippen LogP contribution is -2.52. The molecule has 304 valence electrons. The highest BCUT2D eigenvalue weighted by Crippen LogP contribution is 2.36. The minimum absolute atomic E-state index is 0.00421. The molecule has 4 aromatic rings. The Bertz CT molecular complexity index is 1980. The van der Waals surface area contributed by atoms with Crippen LogP contribution in [0.15, 0.2) is 60.9 Å². The van der Waals surface area contributed by atoms with Crippen LogP contribution in [-0.2, 0) is 19.1 Å². The van der Waals surface area contributed by atoms with Gasteiger partial charge in [-0.3, -0.25) is 9.59 Å². The standard InChI is InChI=1S/C43H56N8O6/c1-6-26(7-2)36(49-43(55)56-5)40(52)50-22-10-12-34(50)38-45-24-32(47-38)30-18-14-28(15-19-30)29-16-20-31(21-17-29)33-25-46-39(48-33)35-13-11-23-51(35)41(53)37(57-42(44)54)27(8-3)9-4/h14-21,24-27,34-37H,6-13,22-23H2,1-5H3,(H2,44,54)(H,45,47)(H,46,48)(H,49,55)/t34-,35-,36-,37-/m0/s1. The molecule has 2 fully saturated rings. The average molecular weight is 781 g/mol. The zero-order chi connectivity index (χ0) is 40.6. The second-order valence-corrected chi connectivity index (χ2v) is 15.0. The summed E-state index contributed by atoms with van der Waals surface area (Å²) in [5, 5.41) is 2.79. The van der Waals surface area contributed by atoms with Crippen LogP contribution in [0.5, 0.6) is 0 Å². The molecule has 14 nitrogen and oxygen atoms in total. The molecule has 57 heavy (non-hydrogen) atoms. The Morgan fingerprint density at radius 2 is 1.16 bits per heavy atom. The fourth-order valence-electron chi connectivity index (χ4n) is 8.48. The minimum Gasteiger partial charge on any atom is -0.453 e. The van der Waals surface area contributed by atoms with Crippen LogP contribution in [0, 0.1) is 11.8 Å². The lowest BCUT2D eigenvalue weighted by molar-refractivity contribution is -0.144. The van der Waals surface area contributed by atoms with Crippen molar-refractivity contribution in [2.45, 2.75) is 103 Å². The number of likely N-dealkylation sites (tertiary alicyclic amines) is 2. The molecular formula is C43H56N8O6. The second kappa shape index (κ2) is 18.5. The first-order chi connectivity index (χ1) is 27.6. The number of carbonyl (C=O) groups excluding carboxylic acids is 4. The molecule has 2 aromatic heterocycles. The van der Waals surface area contributed by atoms with Crippen molar-refractivity contribution in [3.63, 3.8) is 0 Å². The molecule has 6 rings (SSSR count). The summed E-state index contributed by atoms with van der Waals surface area (Å²) < 4.78 is 10.2. The van der Waals surface area contributed by atoms with E-state index in [0.29, 0.717) is 31.8 Å². The molecule has 2 aliphatic heterocycles. The molecule has 0 saturated carbocycles. The third-order valence-electron chi connectivity index (χ3n) is 11.8. The van der Waals surface area contributed by atoms with Gasteiger partial charge in [-0.1, -0.05) is 89.1 Å². The van der Waals surface area contributed by atoms with Gasteiger partial charge in [0.1, 0.15) is 17.7 Å². The Hall–Kier alpha value is -5.66. The van der Waals surface area contributed by atoms with Gasteiger partial charge in [0.25, 0.3) is 5.91 Å². The van der Waals surface area contributed by atoms with Crippen LogP contribution in [0.2, 0.25) is 0 Å². The fraction of sp³-hybridized carbons (Fsp3) is 0.488. The van der Waals surface area contributed by atoms with Crippen molar-refractivity contribution in [2.75, 3.05) is 20.2 Å². The van der Waals surface area contributed by atoms with Crippen LogP contribution in [0.3, 0.4) is 0 Å². The van der Waals surface area contributed by atoms with E-state index in [1.165, 1.54) is 7.11 Å². The number of aromatic amines is 2. The Labute approximate surface area is 334 Å². The number of nitrogens with two attached hydrogens (primary N) is 1. The zero-order valence-corrected chi connectivity index (χ0v) is 33.6. The minimum atomic E-state index is -0.941. The number of imidazole rings is 2. The first-order valence-corrected chi connectivity index (χ1v) is 20.3. The van der Waals surface area contributed by atoms with Crippen molar-refractivity contribution in [3.8, 4) is 33.6 Å². The number of ether oxygens (including phenoxy) is 2. The number of H-pyrrole nitrogens is 2. The topological polar surface area (TPSA) is 189 Å². The first-order valence-electron chi connectivity index (χ1n) is 20.3. The molecule has 4 amide bonds. The van der Waals surface area contributed by atoms with Crippen LogP contribution in [0.1, 0.15) is 103 Å². The maximum Gasteiger partial charge on any atom is 0.407 e. The molecule has 14 heteroatoms. The third-order valence-corrected chi connectivity index (χ3v) is 11.8. The van der Waals surface area contributed by atoms with Crippen molar-refractivity contribution in [3.05, 3.63) is 72.6 Å². The summed E-state index contributed by atoms with van der Waals surface area (Å²) in [5.41, 5.74) is 11.1. The van der Waals surface area contributed by atoms with Crippen molar-refractivity contribution < 1.29 is 28.7 Å². The quantitative estimate of drug-likeness (QED) is 0.0953. The van der Waals surface area contributed by atoms with E-state index in [1.807, 2.05) is 50.9 Å². The third kappa shape index (κ3) is 9.00. The lowest BCUT2D eigenvalue weighted by Gasteiger charge is -2.31. The van der Waals surface area contributed by atoms with E-state index >= 15 is 0 Å². The second-order valence-electron chi connectivity index (χ2n) is 15.0. The number of methoxy groups -OCH3 is 1. The van der Waals surface area contributed by atoms with Gasteiger partial charge >= 0.3 is 12.2 Å². The van der Waals surface area contributed by atoms with Crippen molar-refractivity contribution in [1.82, 2.24) is 35.1 Å². The Morgan fingerprint density at radius 3 is 1.58 bits per heavy atom. The van der Waals surface area contributed by atoms with E-state index in [4.69, 9.17) is 20.2 Å². The van der Waals surface area contributed by atoms with E-state index in [2.05, 4.69) is 56.7 Å². The molecule has 4 heterocycles. The predicted octanol–water partition coefficient (Wildman–Crippen LogP) is 7.52. The molecule has 0 radical (unpaired) electrons. The summed E-state index contributed by atoms with van der Waals surface area (Å²) in [6.07, 6.45) is 7.26. The average Bonchev–Trinajstić information content (AvgIpc) is 4.07. The van der Waals surface area contributed by atoms with Crippen molar-refractivity contribution in [2.24, 2.45) is 17.6 Å². The molecule has 5 N–H and O–H groups in total. The normalized spacial score (nSPS) is 17.9. The van der Waals surface area contributed by atoms with E-state index in [0.717, 1.165) is 78.0 Å². The lowest BCUT2D eigenvalue weighted by atomic mass is 9.93. The van der Waals surface area contributed by atoms with Gasteiger partial charge in [-0.15, -0.1) is 0 Å². The van der Waals surface area contributed by atoms with Crippen LogP contribution in [0.25, 0.3) is 33.6 Å². The summed E-state index contributed by atoms with van der Waals surface area (Å²) in [6, 6.07) is 15.4. The van der Waals surface area contributed by atoms with Crippen LogP contribution >= 0.6 is 0 Å². The van der Waals surface area contributed by atoms with Gasteiger partial charge in [-0.25, -0.2) is 19.6 Å². The molecule has 2 saturated heterocycles. The van der Waals surface area contributed by atoms with E-state index in [9.17, 15) is 19.2 Å². The first kappa shape index (κ1) is 41.0. The number of nitrogens with zero attached hydrogens (tertiary/aromatic N) is 4. The number of rotatable bonds is 15. The highest BCUT2D eigenvalue weighted by molar-refractivity contribution is 5.87. The van der Waals surface area contributed by atoms with E-state index in [1.54, 1.807) is 11.1 Å². The molecular weight excluding hydrogens is 725 g/mol. The van der Waals surface area contributed by atoms with Gasteiger partial charge in [-0.2, -0.15) is 0 Å². The summed E-state index contributed by atoms with van der Waals surface area (Å²) >= 11 is 0. The summed E-state index contributed by atoms with van der Waals surface area (Å²) in [5.74, 6) is 0.980. The fourth-order valence-corrected chi connectivity index (χ4v) is 8.48. The number of nitrogens with one attached hydrogen (secondary N) is 3. The maximum atomic E-state index is 13.8. The Kier molecular flexibility index (Phi) is 13.3. The maximum absolute atomic E-state index is 13.8. The number of carbonyl (C=O) groups is 4. The van der Waals surface area contributed by atoms with Gasteiger partial charge in [0.2, 0.25) is 5.91 Å². The molecule has 2 aromatic carbocycles.